The van der Waals surface area contributed by atoms with E-state index in [0.717, 1.165) is 10.2 Å². The second-order valence-corrected chi connectivity index (χ2v) is 6.17. The van der Waals surface area contributed by atoms with Crippen LogP contribution in [0, 0.1) is 5.82 Å². The zero-order valence-corrected chi connectivity index (χ0v) is 15.4. The van der Waals surface area contributed by atoms with Gasteiger partial charge in [-0.05, 0) is 18.2 Å². The Labute approximate surface area is 161 Å². The van der Waals surface area contributed by atoms with Gasteiger partial charge in [-0.15, -0.1) is 0 Å². The van der Waals surface area contributed by atoms with Crippen LogP contribution < -0.4 is 10.3 Å². The van der Waals surface area contributed by atoms with Crippen molar-refractivity contribution in [2.24, 2.45) is 0 Å². The predicted molar refractivity (Wildman–Crippen MR) is 103 cm³/mol. The largest absolute Gasteiger partial charge is 0.489 e. The van der Waals surface area contributed by atoms with E-state index in [-0.39, 0.29) is 36.9 Å². The van der Waals surface area contributed by atoms with Crippen molar-refractivity contribution < 1.29 is 13.9 Å². The lowest BCUT2D eigenvalue weighted by Crippen LogP contribution is -2.37. The third kappa shape index (κ3) is 4.82. The summed E-state index contributed by atoms with van der Waals surface area (Å²) >= 11 is 0. The Morgan fingerprint density at radius 1 is 1.07 bits per heavy atom. The van der Waals surface area contributed by atoms with Gasteiger partial charge in [0.05, 0.1) is 12.2 Å². The van der Waals surface area contributed by atoms with Crippen molar-refractivity contribution >= 4 is 5.91 Å². The zero-order chi connectivity index (χ0) is 19.9. The first-order valence-electron chi connectivity index (χ1n) is 8.79. The molecule has 0 saturated carbocycles. The van der Waals surface area contributed by atoms with Gasteiger partial charge in [-0.2, -0.15) is 5.10 Å². The SMILES string of the molecule is CN(CCOc1ccccc1F)C(=O)Cn1nc(-c2ccccc2)ccc1=O. The van der Waals surface area contributed by atoms with Crippen LogP contribution in [-0.2, 0) is 11.3 Å². The van der Waals surface area contributed by atoms with Crippen molar-refractivity contribution in [2.45, 2.75) is 6.54 Å². The first-order chi connectivity index (χ1) is 13.5. The number of carbonyl (C=O) groups is 1. The van der Waals surface area contributed by atoms with Crippen LogP contribution in [0.3, 0.4) is 0 Å². The quantitative estimate of drug-likeness (QED) is 0.631. The van der Waals surface area contributed by atoms with E-state index in [4.69, 9.17) is 4.74 Å². The van der Waals surface area contributed by atoms with Gasteiger partial charge < -0.3 is 9.64 Å². The summed E-state index contributed by atoms with van der Waals surface area (Å²) in [6.07, 6.45) is 0. The molecule has 3 rings (SSSR count). The van der Waals surface area contributed by atoms with Crippen LogP contribution in [0.1, 0.15) is 0 Å². The van der Waals surface area contributed by atoms with E-state index in [0.29, 0.717) is 5.69 Å². The van der Waals surface area contributed by atoms with E-state index in [1.807, 2.05) is 30.3 Å². The molecule has 0 bridgehead atoms. The van der Waals surface area contributed by atoms with Crippen molar-refractivity contribution in [3.8, 4) is 17.0 Å². The Hall–Kier alpha value is -3.48. The van der Waals surface area contributed by atoms with E-state index in [1.165, 1.54) is 23.1 Å². The van der Waals surface area contributed by atoms with Crippen molar-refractivity contribution in [3.05, 3.63) is 82.9 Å². The van der Waals surface area contributed by atoms with E-state index in [9.17, 15) is 14.0 Å². The minimum Gasteiger partial charge on any atom is -0.489 e. The Morgan fingerprint density at radius 3 is 2.54 bits per heavy atom. The molecule has 0 atom stereocenters. The number of halogens is 1. The molecule has 1 heterocycles. The summed E-state index contributed by atoms with van der Waals surface area (Å²) in [5.74, 6) is -0.612. The normalized spacial score (nSPS) is 10.5. The summed E-state index contributed by atoms with van der Waals surface area (Å²) in [7, 11) is 1.60. The second kappa shape index (κ2) is 8.94. The molecule has 2 aromatic carbocycles. The summed E-state index contributed by atoms with van der Waals surface area (Å²) in [6.45, 7) is 0.200. The number of amides is 1. The van der Waals surface area contributed by atoms with Gasteiger partial charge in [0, 0.05) is 18.7 Å². The lowest BCUT2D eigenvalue weighted by Gasteiger charge is -2.18. The highest BCUT2D eigenvalue weighted by Gasteiger charge is 2.13. The molecule has 7 heteroatoms. The first kappa shape index (κ1) is 19.3. The van der Waals surface area contributed by atoms with E-state index >= 15 is 0 Å². The van der Waals surface area contributed by atoms with Gasteiger partial charge in [0.15, 0.2) is 11.6 Å². The molecule has 0 aliphatic rings. The lowest BCUT2D eigenvalue weighted by atomic mass is 10.1. The zero-order valence-electron chi connectivity index (χ0n) is 15.4. The smallest absolute Gasteiger partial charge is 0.267 e. The standard InChI is InChI=1S/C21H20FN3O3/c1-24(13-14-28-19-10-6-5-9-17(19)22)21(27)15-25-20(26)12-11-18(23-25)16-7-3-2-4-8-16/h2-12H,13-15H2,1H3. The predicted octanol–water partition coefficient (Wildman–Crippen LogP) is 2.59. The maximum absolute atomic E-state index is 13.5. The fourth-order valence-corrected chi connectivity index (χ4v) is 2.55. The third-order valence-electron chi connectivity index (χ3n) is 4.17. The summed E-state index contributed by atoms with van der Waals surface area (Å²) in [6, 6.07) is 18.5. The van der Waals surface area contributed by atoms with Crippen molar-refractivity contribution in [1.82, 2.24) is 14.7 Å². The summed E-state index contributed by atoms with van der Waals surface area (Å²) in [5, 5.41) is 4.28. The monoisotopic (exact) mass is 381 g/mol. The molecule has 0 fully saturated rings. The van der Waals surface area contributed by atoms with Gasteiger partial charge in [0.2, 0.25) is 5.91 Å². The topological polar surface area (TPSA) is 64.4 Å². The number of likely N-dealkylation sites (N-methyl/N-ethyl adjacent to an activating group) is 1. The number of aromatic nitrogens is 2. The molecule has 1 amide bonds. The van der Waals surface area contributed by atoms with Crippen molar-refractivity contribution in [2.75, 3.05) is 20.2 Å². The minimum absolute atomic E-state index is 0.134. The summed E-state index contributed by atoms with van der Waals surface area (Å²) in [5.41, 5.74) is 1.11. The van der Waals surface area contributed by atoms with Gasteiger partial charge >= 0.3 is 0 Å². The molecule has 1 aromatic heterocycles. The fourth-order valence-electron chi connectivity index (χ4n) is 2.55. The second-order valence-electron chi connectivity index (χ2n) is 6.17. The Morgan fingerprint density at radius 2 is 1.79 bits per heavy atom. The highest BCUT2D eigenvalue weighted by atomic mass is 19.1. The number of nitrogens with zero attached hydrogens (tertiary/aromatic N) is 3. The maximum atomic E-state index is 13.5. The molecule has 0 radical (unpaired) electrons. The molecular formula is C21H20FN3O3. The first-order valence-corrected chi connectivity index (χ1v) is 8.79. The number of carbonyl (C=O) groups excluding carboxylic acids is 1. The fraction of sp³-hybridized carbons (Fsp3) is 0.190. The number of benzene rings is 2. The summed E-state index contributed by atoms with van der Waals surface area (Å²) < 4.78 is 20.0. The molecular weight excluding hydrogens is 361 g/mol. The Bertz CT molecular complexity index is 1010. The molecule has 28 heavy (non-hydrogen) atoms. The van der Waals surface area contributed by atoms with E-state index in [1.54, 1.807) is 25.2 Å². The van der Waals surface area contributed by atoms with Gasteiger partial charge in [-0.3, -0.25) is 9.59 Å². The third-order valence-corrected chi connectivity index (χ3v) is 4.17. The minimum atomic E-state index is -0.454. The molecule has 0 unspecified atom stereocenters. The molecule has 0 spiro atoms. The average Bonchev–Trinajstić information content (AvgIpc) is 2.71. The number of rotatable bonds is 7. The van der Waals surface area contributed by atoms with Crippen LogP contribution in [0.5, 0.6) is 5.75 Å². The number of hydrogen-bond acceptors (Lipinski definition) is 4. The van der Waals surface area contributed by atoms with Crippen LogP contribution >= 0.6 is 0 Å². The molecule has 144 valence electrons. The van der Waals surface area contributed by atoms with Gasteiger partial charge in [0.25, 0.3) is 5.56 Å². The average molecular weight is 381 g/mol. The van der Waals surface area contributed by atoms with Gasteiger partial charge in [-0.1, -0.05) is 42.5 Å². The van der Waals surface area contributed by atoms with E-state index < -0.39 is 5.82 Å². The lowest BCUT2D eigenvalue weighted by molar-refractivity contribution is -0.131. The highest BCUT2D eigenvalue weighted by molar-refractivity contribution is 5.75. The number of ether oxygens (including phenoxy) is 1. The molecule has 3 aromatic rings. The summed E-state index contributed by atoms with van der Waals surface area (Å²) in [4.78, 5) is 25.9. The van der Waals surface area contributed by atoms with Crippen molar-refractivity contribution in [3.63, 3.8) is 0 Å². The van der Waals surface area contributed by atoms with Crippen LogP contribution in [0.2, 0.25) is 0 Å². The Kier molecular flexibility index (Phi) is 6.16. The molecule has 0 saturated heterocycles. The van der Waals surface area contributed by atoms with Crippen LogP contribution in [0.4, 0.5) is 4.39 Å². The van der Waals surface area contributed by atoms with Gasteiger partial charge in [-0.25, -0.2) is 9.07 Å². The molecule has 0 aliphatic carbocycles. The number of hydrogen-bond donors (Lipinski definition) is 0. The molecule has 0 N–H and O–H groups in total. The van der Waals surface area contributed by atoms with Gasteiger partial charge in [0.1, 0.15) is 13.2 Å². The number of para-hydroxylation sites is 1. The maximum Gasteiger partial charge on any atom is 0.267 e. The van der Waals surface area contributed by atoms with Crippen LogP contribution in [0.25, 0.3) is 11.3 Å². The highest BCUT2D eigenvalue weighted by Crippen LogP contribution is 2.15. The molecule has 0 aliphatic heterocycles. The van der Waals surface area contributed by atoms with Crippen LogP contribution in [0.15, 0.2) is 71.5 Å². The van der Waals surface area contributed by atoms with Crippen molar-refractivity contribution in [1.29, 1.82) is 0 Å². The molecule has 6 nitrogen and oxygen atoms in total. The van der Waals surface area contributed by atoms with Crippen LogP contribution in [-0.4, -0.2) is 40.8 Å². The van der Waals surface area contributed by atoms with E-state index in [2.05, 4.69) is 5.10 Å². The Balaban J connectivity index is 1.61.